The molecular formula is C23H29N5O2S. The highest BCUT2D eigenvalue weighted by atomic mass is 32.1. The molecule has 4 heterocycles. The fourth-order valence-corrected chi connectivity index (χ4v) is 6.18. The van der Waals surface area contributed by atoms with E-state index >= 15 is 0 Å². The van der Waals surface area contributed by atoms with E-state index in [4.69, 9.17) is 4.74 Å². The maximum absolute atomic E-state index is 10.6. The number of ether oxygens (including phenoxy) is 1. The van der Waals surface area contributed by atoms with Crippen molar-refractivity contribution in [1.82, 2.24) is 24.9 Å². The van der Waals surface area contributed by atoms with Gasteiger partial charge in [-0.15, -0.1) is 5.10 Å². The van der Waals surface area contributed by atoms with Crippen LogP contribution in [0.4, 0.5) is 0 Å². The fraction of sp³-hybridized carbons (Fsp3) is 0.522. The molecule has 2 fully saturated rings. The summed E-state index contributed by atoms with van der Waals surface area (Å²) in [5.41, 5.74) is 2.38. The molecule has 0 spiro atoms. The molecule has 1 aromatic carbocycles. The van der Waals surface area contributed by atoms with Crippen molar-refractivity contribution in [1.29, 1.82) is 0 Å². The van der Waals surface area contributed by atoms with Gasteiger partial charge in [-0.2, -0.15) is 5.10 Å². The number of nitrogens with zero attached hydrogens (tertiary/aromatic N) is 5. The summed E-state index contributed by atoms with van der Waals surface area (Å²) < 4.78 is 8.04. The summed E-state index contributed by atoms with van der Waals surface area (Å²) in [6.45, 7) is 6.65. The summed E-state index contributed by atoms with van der Waals surface area (Å²) >= 11 is 1.39. The van der Waals surface area contributed by atoms with Crippen molar-refractivity contribution in [3.05, 3.63) is 36.2 Å². The molecule has 3 aromatic rings. The predicted molar refractivity (Wildman–Crippen MR) is 121 cm³/mol. The van der Waals surface area contributed by atoms with Gasteiger partial charge in [-0.3, -0.25) is 4.90 Å². The molecule has 0 saturated carbocycles. The number of phenols is 1. The maximum Gasteiger partial charge on any atom is 0.294 e. The molecule has 2 saturated heterocycles. The van der Waals surface area contributed by atoms with Gasteiger partial charge in [0.05, 0.1) is 16.9 Å². The summed E-state index contributed by atoms with van der Waals surface area (Å²) in [5.74, 6) is 1.52. The molecule has 2 aliphatic rings. The molecule has 0 aliphatic carbocycles. The lowest BCUT2D eigenvalue weighted by atomic mass is 9.72. The Morgan fingerprint density at radius 2 is 1.81 bits per heavy atom. The summed E-state index contributed by atoms with van der Waals surface area (Å²) in [7, 11) is 2.26. The van der Waals surface area contributed by atoms with E-state index in [1.807, 2.05) is 31.3 Å². The number of fused-ring (bicyclic) bond motifs is 2. The minimum absolute atomic E-state index is 0.157. The van der Waals surface area contributed by atoms with Gasteiger partial charge in [0.2, 0.25) is 0 Å². The van der Waals surface area contributed by atoms with Crippen LogP contribution < -0.4 is 4.74 Å². The molecule has 164 valence electrons. The van der Waals surface area contributed by atoms with Crippen LogP contribution in [0, 0.1) is 18.8 Å². The summed E-state index contributed by atoms with van der Waals surface area (Å²) in [6.07, 6.45) is 5.39. The Morgan fingerprint density at radius 3 is 2.45 bits per heavy atom. The Balaban J connectivity index is 1.32. The summed E-state index contributed by atoms with van der Waals surface area (Å²) in [6, 6.07) is 8.53. The summed E-state index contributed by atoms with van der Waals surface area (Å²) in [5, 5.41) is 24.8. The number of phenolic OH excluding ortho intramolecular Hbond substituents is 1. The van der Waals surface area contributed by atoms with Crippen molar-refractivity contribution < 1.29 is 9.84 Å². The number of piperidine rings is 2. The van der Waals surface area contributed by atoms with Crippen LogP contribution in [-0.2, 0) is 0 Å². The molecule has 4 unspecified atom stereocenters. The highest BCUT2D eigenvalue weighted by Crippen LogP contribution is 2.41. The Kier molecular flexibility index (Phi) is 5.22. The van der Waals surface area contributed by atoms with E-state index in [1.54, 1.807) is 10.7 Å². The first-order valence-electron chi connectivity index (χ1n) is 11.0. The Bertz CT molecular complexity index is 1060. The monoisotopic (exact) mass is 439 g/mol. The van der Waals surface area contributed by atoms with Crippen molar-refractivity contribution in [2.45, 2.75) is 58.2 Å². The molecule has 5 rings (SSSR count). The average Bonchev–Trinajstić information content (AvgIpc) is 3.36. The van der Waals surface area contributed by atoms with Gasteiger partial charge in [0.1, 0.15) is 11.9 Å². The van der Waals surface area contributed by atoms with Gasteiger partial charge in [0.25, 0.3) is 5.19 Å². The van der Waals surface area contributed by atoms with Crippen LogP contribution in [0.1, 0.15) is 38.8 Å². The number of rotatable bonds is 4. The third-order valence-electron chi connectivity index (χ3n) is 6.98. The van der Waals surface area contributed by atoms with Gasteiger partial charge < -0.3 is 9.84 Å². The predicted octanol–water partition coefficient (Wildman–Crippen LogP) is 4.29. The van der Waals surface area contributed by atoms with E-state index in [0.717, 1.165) is 24.2 Å². The Labute approximate surface area is 186 Å². The number of benzene rings is 1. The molecule has 2 aromatic heterocycles. The van der Waals surface area contributed by atoms with Crippen molar-refractivity contribution >= 4 is 11.3 Å². The normalized spacial score (nSPS) is 28.6. The maximum atomic E-state index is 10.6. The van der Waals surface area contributed by atoms with Crippen LogP contribution in [0.2, 0.25) is 0 Å². The Morgan fingerprint density at radius 1 is 1.06 bits per heavy atom. The fourth-order valence-electron chi connectivity index (χ4n) is 5.39. The lowest BCUT2D eigenvalue weighted by Gasteiger charge is -2.52. The standard InChI is InChI=1S/C23H29N5O2S/c1-13-9-14(2)20-12-17(11-19(13)27(20)4)30-23-25-24-22(31-23)18-6-5-16(10-21(18)29)28-8-7-15(3)26-28/h5-8,10,13-14,17,19-20,29H,9,11-12H2,1-4H3. The van der Waals surface area contributed by atoms with Gasteiger partial charge in [-0.05, 0) is 50.4 Å². The van der Waals surface area contributed by atoms with Crippen molar-refractivity contribution in [2.24, 2.45) is 11.8 Å². The quantitative estimate of drug-likeness (QED) is 0.654. The highest BCUT2D eigenvalue weighted by Gasteiger charge is 2.44. The third kappa shape index (κ3) is 3.83. The van der Waals surface area contributed by atoms with Crippen LogP contribution in [0.15, 0.2) is 30.5 Å². The van der Waals surface area contributed by atoms with Gasteiger partial charge in [-0.25, -0.2) is 4.68 Å². The molecule has 2 bridgehead atoms. The molecule has 2 aliphatic heterocycles. The first-order valence-corrected chi connectivity index (χ1v) is 11.8. The molecule has 4 atom stereocenters. The van der Waals surface area contributed by atoms with E-state index in [0.29, 0.717) is 39.7 Å². The lowest BCUT2D eigenvalue weighted by molar-refractivity contribution is -0.0505. The van der Waals surface area contributed by atoms with E-state index in [-0.39, 0.29) is 11.9 Å². The zero-order chi connectivity index (χ0) is 21.7. The summed E-state index contributed by atoms with van der Waals surface area (Å²) in [4.78, 5) is 2.56. The second kappa shape index (κ2) is 7.91. The number of aromatic hydroxyl groups is 1. The zero-order valence-electron chi connectivity index (χ0n) is 18.4. The molecule has 7 nitrogen and oxygen atoms in total. The van der Waals surface area contributed by atoms with Gasteiger partial charge in [0.15, 0.2) is 5.01 Å². The van der Waals surface area contributed by atoms with Gasteiger partial charge in [0, 0.05) is 37.2 Å². The number of hydrogen-bond acceptors (Lipinski definition) is 7. The van der Waals surface area contributed by atoms with Crippen LogP contribution in [0.3, 0.4) is 0 Å². The zero-order valence-corrected chi connectivity index (χ0v) is 19.2. The molecule has 31 heavy (non-hydrogen) atoms. The third-order valence-corrected chi connectivity index (χ3v) is 7.83. The molecular weight excluding hydrogens is 410 g/mol. The topological polar surface area (TPSA) is 76.3 Å². The van der Waals surface area contributed by atoms with E-state index < -0.39 is 0 Å². The average molecular weight is 440 g/mol. The first kappa shape index (κ1) is 20.5. The van der Waals surface area contributed by atoms with E-state index in [9.17, 15) is 5.11 Å². The van der Waals surface area contributed by atoms with E-state index in [1.165, 1.54) is 17.8 Å². The second-order valence-electron chi connectivity index (χ2n) is 9.18. The molecule has 0 amide bonds. The first-order chi connectivity index (χ1) is 14.9. The van der Waals surface area contributed by atoms with Crippen molar-refractivity contribution in [3.8, 4) is 27.2 Å². The molecule has 0 radical (unpaired) electrons. The second-order valence-corrected chi connectivity index (χ2v) is 10.1. The lowest BCUT2D eigenvalue weighted by Crippen LogP contribution is -2.58. The highest BCUT2D eigenvalue weighted by molar-refractivity contribution is 7.16. The van der Waals surface area contributed by atoms with Crippen molar-refractivity contribution in [2.75, 3.05) is 7.05 Å². The largest absolute Gasteiger partial charge is 0.507 e. The number of aryl methyl sites for hydroxylation is 1. The minimum atomic E-state index is 0.157. The number of hydrogen-bond donors (Lipinski definition) is 1. The number of aromatic nitrogens is 4. The van der Waals surface area contributed by atoms with Crippen LogP contribution in [-0.4, -0.2) is 55.2 Å². The van der Waals surface area contributed by atoms with Crippen LogP contribution >= 0.6 is 11.3 Å². The molecule has 8 heteroatoms. The van der Waals surface area contributed by atoms with Crippen LogP contribution in [0.25, 0.3) is 16.3 Å². The van der Waals surface area contributed by atoms with Crippen LogP contribution in [0.5, 0.6) is 10.9 Å². The van der Waals surface area contributed by atoms with Gasteiger partial charge in [-0.1, -0.05) is 30.3 Å². The van der Waals surface area contributed by atoms with Gasteiger partial charge >= 0.3 is 0 Å². The smallest absolute Gasteiger partial charge is 0.294 e. The molecule has 1 N–H and O–H groups in total. The van der Waals surface area contributed by atoms with Crippen molar-refractivity contribution in [3.63, 3.8) is 0 Å². The van der Waals surface area contributed by atoms with E-state index in [2.05, 4.69) is 41.1 Å². The SMILES string of the molecule is Cc1ccn(-c2ccc(-c3nnc(OC4CC5C(C)CC(C)C(C4)N5C)s3)c(O)c2)n1. The minimum Gasteiger partial charge on any atom is -0.507 e. The Hall–Kier alpha value is -2.45.